The van der Waals surface area contributed by atoms with Gasteiger partial charge in [0.25, 0.3) is 0 Å². The van der Waals surface area contributed by atoms with Crippen LogP contribution in [0.5, 0.6) is 0 Å². The van der Waals surface area contributed by atoms with E-state index in [9.17, 15) is 4.79 Å². The van der Waals surface area contributed by atoms with Gasteiger partial charge in [-0.15, -0.1) is 0 Å². The maximum absolute atomic E-state index is 9.93. The maximum Gasteiger partial charge on any atom is 0.314 e. The van der Waals surface area contributed by atoms with Gasteiger partial charge in [0.1, 0.15) is 0 Å². The third kappa shape index (κ3) is 2.03. The van der Waals surface area contributed by atoms with Crippen molar-refractivity contribution in [2.75, 3.05) is 5.32 Å². The lowest BCUT2D eigenvalue weighted by Crippen LogP contribution is -1.93. The van der Waals surface area contributed by atoms with Crippen molar-refractivity contribution in [1.29, 1.82) is 0 Å². The SMILES string of the molecule is O=[C]Nc1cc(Cl)c(Cl)c(Cl)c1. The molecule has 0 fully saturated rings. The molecule has 1 rings (SSSR count). The molecule has 0 aliphatic heterocycles. The van der Waals surface area contributed by atoms with Crippen LogP contribution in [0.15, 0.2) is 12.1 Å². The van der Waals surface area contributed by atoms with Gasteiger partial charge >= 0.3 is 6.41 Å². The van der Waals surface area contributed by atoms with Crippen LogP contribution in [-0.4, -0.2) is 6.41 Å². The zero-order chi connectivity index (χ0) is 9.14. The second-order valence-electron chi connectivity index (χ2n) is 1.98. The first-order chi connectivity index (χ1) is 5.65. The summed E-state index contributed by atoms with van der Waals surface area (Å²) < 4.78 is 0. The van der Waals surface area contributed by atoms with Crippen molar-refractivity contribution in [2.45, 2.75) is 0 Å². The van der Waals surface area contributed by atoms with Crippen LogP contribution in [0.25, 0.3) is 0 Å². The average Bonchev–Trinajstić information content (AvgIpc) is 2.01. The normalized spacial score (nSPS) is 9.58. The van der Waals surface area contributed by atoms with Gasteiger partial charge in [0.05, 0.1) is 15.1 Å². The molecule has 0 aromatic heterocycles. The van der Waals surface area contributed by atoms with Crippen LogP contribution in [0.3, 0.4) is 0 Å². The minimum Gasteiger partial charge on any atom is -0.318 e. The Morgan fingerprint density at radius 1 is 1.17 bits per heavy atom. The molecule has 1 aromatic carbocycles. The Hall–Kier alpha value is -0.440. The highest BCUT2D eigenvalue weighted by atomic mass is 35.5. The summed E-state index contributed by atoms with van der Waals surface area (Å²) in [6.07, 6.45) is 1.50. The number of amides is 1. The molecule has 0 spiro atoms. The quantitative estimate of drug-likeness (QED) is 0.606. The molecule has 1 amide bonds. The Bertz CT molecular complexity index is 291. The second-order valence-corrected chi connectivity index (χ2v) is 3.17. The van der Waals surface area contributed by atoms with E-state index in [0.29, 0.717) is 15.7 Å². The first-order valence-electron chi connectivity index (χ1n) is 2.93. The van der Waals surface area contributed by atoms with Crippen LogP contribution in [0, 0.1) is 0 Å². The standard InChI is InChI=1S/C7H3Cl3NO/c8-5-1-4(11-3-12)2-6(9)7(5)10/h1-2H,(H,11,12). The fraction of sp³-hybridized carbons (Fsp3) is 0. The predicted octanol–water partition coefficient (Wildman–Crippen LogP) is 3.13. The average molecular weight is 223 g/mol. The zero-order valence-electron chi connectivity index (χ0n) is 5.70. The summed E-state index contributed by atoms with van der Waals surface area (Å²) in [5.74, 6) is 0. The summed E-state index contributed by atoms with van der Waals surface area (Å²) in [7, 11) is 0. The molecule has 0 saturated heterocycles. The zero-order valence-corrected chi connectivity index (χ0v) is 7.96. The molecule has 0 saturated carbocycles. The maximum atomic E-state index is 9.93. The van der Waals surface area contributed by atoms with Crippen LogP contribution in [0.4, 0.5) is 5.69 Å². The van der Waals surface area contributed by atoms with Crippen LogP contribution in [0.2, 0.25) is 15.1 Å². The molecule has 1 N–H and O–H groups in total. The van der Waals surface area contributed by atoms with Crippen molar-refractivity contribution in [3.8, 4) is 0 Å². The molecule has 0 bridgehead atoms. The Kier molecular flexibility index (Phi) is 3.20. The monoisotopic (exact) mass is 222 g/mol. The van der Waals surface area contributed by atoms with Crippen LogP contribution in [0.1, 0.15) is 0 Å². The number of anilines is 1. The van der Waals surface area contributed by atoms with Crippen molar-refractivity contribution < 1.29 is 4.79 Å². The Morgan fingerprint density at radius 3 is 2.08 bits per heavy atom. The van der Waals surface area contributed by atoms with Gasteiger partial charge in [-0.2, -0.15) is 0 Å². The van der Waals surface area contributed by atoms with E-state index in [2.05, 4.69) is 5.32 Å². The lowest BCUT2D eigenvalue weighted by Gasteiger charge is -2.02. The van der Waals surface area contributed by atoms with E-state index in [1.807, 2.05) is 0 Å². The number of halogens is 3. The van der Waals surface area contributed by atoms with Gasteiger partial charge in [-0.05, 0) is 12.1 Å². The smallest absolute Gasteiger partial charge is 0.314 e. The Balaban J connectivity index is 3.11. The fourth-order valence-electron chi connectivity index (χ4n) is 0.687. The van der Waals surface area contributed by atoms with E-state index in [0.717, 1.165) is 0 Å². The van der Waals surface area contributed by atoms with Gasteiger partial charge in [0.2, 0.25) is 0 Å². The largest absolute Gasteiger partial charge is 0.318 e. The molecule has 0 aliphatic carbocycles. The third-order valence-corrected chi connectivity index (χ3v) is 2.38. The molecule has 12 heavy (non-hydrogen) atoms. The number of carbonyl (C=O) groups excluding carboxylic acids is 1. The molecule has 0 atom stereocenters. The minimum atomic E-state index is 0.273. The summed E-state index contributed by atoms with van der Waals surface area (Å²) in [6.45, 7) is 0. The predicted molar refractivity (Wildman–Crippen MR) is 50.8 cm³/mol. The molecular weight excluding hydrogens is 220 g/mol. The van der Waals surface area contributed by atoms with Crippen molar-refractivity contribution in [3.63, 3.8) is 0 Å². The molecule has 1 radical (unpaired) electrons. The first-order valence-corrected chi connectivity index (χ1v) is 4.06. The van der Waals surface area contributed by atoms with Crippen LogP contribution >= 0.6 is 34.8 Å². The molecule has 0 unspecified atom stereocenters. The molecule has 1 aromatic rings. The highest BCUT2D eigenvalue weighted by Crippen LogP contribution is 2.32. The number of hydrogen-bond acceptors (Lipinski definition) is 1. The van der Waals surface area contributed by atoms with E-state index in [-0.39, 0.29) is 5.02 Å². The molecular formula is C7H3Cl3NO. The number of benzene rings is 1. The van der Waals surface area contributed by atoms with E-state index in [4.69, 9.17) is 34.8 Å². The van der Waals surface area contributed by atoms with E-state index in [1.165, 1.54) is 18.5 Å². The summed E-state index contributed by atoms with van der Waals surface area (Å²) in [6, 6.07) is 2.97. The number of hydrogen-bond donors (Lipinski definition) is 1. The summed E-state index contributed by atoms with van der Waals surface area (Å²) in [4.78, 5) is 9.93. The molecule has 63 valence electrons. The highest BCUT2D eigenvalue weighted by molar-refractivity contribution is 6.48. The van der Waals surface area contributed by atoms with E-state index in [1.54, 1.807) is 0 Å². The second kappa shape index (κ2) is 3.99. The Morgan fingerprint density at radius 2 is 1.67 bits per heavy atom. The molecule has 0 heterocycles. The van der Waals surface area contributed by atoms with Gasteiger partial charge in [0, 0.05) is 5.69 Å². The van der Waals surface area contributed by atoms with E-state index >= 15 is 0 Å². The van der Waals surface area contributed by atoms with Gasteiger partial charge in [0.15, 0.2) is 0 Å². The van der Waals surface area contributed by atoms with Gasteiger partial charge in [-0.3, -0.25) is 4.79 Å². The van der Waals surface area contributed by atoms with Crippen molar-refractivity contribution >= 4 is 46.9 Å². The summed E-state index contributed by atoms with van der Waals surface area (Å²) >= 11 is 17.0. The van der Waals surface area contributed by atoms with Crippen molar-refractivity contribution in [3.05, 3.63) is 27.2 Å². The van der Waals surface area contributed by atoms with Crippen molar-refractivity contribution in [2.24, 2.45) is 0 Å². The lowest BCUT2D eigenvalue weighted by molar-refractivity contribution is 0.561. The van der Waals surface area contributed by atoms with Crippen LogP contribution < -0.4 is 5.32 Å². The molecule has 0 aliphatic rings. The highest BCUT2D eigenvalue weighted by Gasteiger charge is 2.04. The Labute approximate surface area is 84.4 Å². The van der Waals surface area contributed by atoms with E-state index < -0.39 is 0 Å². The summed E-state index contributed by atoms with van der Waals surface area (Å²) in [5, 5.41) is 3.14. The molecule has 2 nitrogen and oxygen atoms in total. The summed E-state index contributed by atoms with van der Waals surface area (Å²) in [5.41, 5.74) is 0.462. The number of rotatable bonds is 2. The molecule has 5 heteroatoms. The fourth-order valence-corrected chi connectivity index (χ4v) is 1.28. The third-order valence-electron chi connectivity index (χ3n) is 1.18. The van der Waals surface area contributed by atoms with Gasteiger partial charge in [-0.1, -0.05) is 34.8 Å². The lowest BCUT2D eigenvalue weighted by atomic mass is 10.3. The first kappa shape index (κ1) is 9.65. The topological polar surface area (TPSA) is 29.1 Å². The number of nitrogens with one attached hydrogen (secondary N) is 1. The van der Waals surface area contributed by atoms with Crippen molar-refractivity contribution in [1.82, 2.24) is 0 Å². The van der Waals surface area contributed by atoms with Gasteiger partial charge in [-0.25, -0.2) is 0 Å². The van der Waals surface area contributed by atoms with Gasteiger partial charge < -0.3 is 5.32 Å². The minimum absolute atomic E-state index is 0.273. The van der Waals surface area contributed by atoms with Crippen LogP contribution in [-0.2, 0) is 4.79 Å².